The second-order valence-corrected chi connectivity index (χ2v) is 7.10. The maximum Gasteiger partial charge on any atom is 0.123 e. The number of nitrogens with zero attached hydrogens (tertiary/aromatic N) is 2. The van der Waals surface area contributed by atoms with Gasteiger partial charge in [-0.15, -0.1) is 0 Å². The molecule has 0 amide bonds. The lowest BCUT2D eigenvalue weighted by Crippen LogP contribution is -2.37. The van der Waals surface area contributed by atoms with E-state index < -0.39 is 0 Å². The molecule has 0 aliphatic rings. The van der Waals surface area contributed by atoms with Crippen molar-refractivity contribution in [3.05, 3.63) is 48.0 Å². The predicted molar refractivity (Wildman–Crippen MR) is 90.1 cm³/mol. The topological polar surface area (TPSA) is 39.1 Å². The summed E-state index contributed by atoms with van der Waals surface area (Å²) in [5.41, 5.74) is 2.16. The van der Waals surface area contributed by atoms with Crippen molar-refractivity contribution in [1.29, 1.82) is 0 Å². The van der Waals surface area contributed by atoms with Crippen LogP contribution in [0.4, 0.5) is 0 Å². The van der Waals surface area contributed by atoms with Crippen LogP contribution < -0.4 is 10.1 Å². The fraction of sp³-hybridized carbons (Fsp3) is 0.500. The zero-order valence-electron chi connectivity index (χ0n) is 14.5. The van der Waals surface area contributed by atoms with Crippen molar-refractivity contribution in [1.82, 2.24) is 14.9 Å². The Kier molecular flexibility index (Phi) is 4.61. The minimum atomic E-state index is -0.195. The Morgan fingerprint density at radius 2 is 1.82 bits per heavy atom. The van der Waals surface area contributed by atoms with Crippen molar-refractivity contribution in [2.45, 2.75) is 52.2 Å². The molecule has 2 rings (SSSR count). The van der Waals surface area contributed by atoms with Crippen LogP contribution >= 0.6 is 0 Å². The number of hydrogen-bond acceptors (Lipinski definition) is 3. The molecule has 4 nitrogen and oxygen atoms in total. The number of ether oxygens (including phenoxy) is 1. The largest absolute Gasteiger partial charge is 0.496 e. The number of nitrogens with one attached hydrogen (secondary N) is 1. The summed E-state index contributed by atoms with van der Waals surface area (Å²) in [6.45, 7) is 11.6. The SMILES string of the molecule is COc1ccccc1C(C)(C)NCc1cncn1C(C)(C)C. The number of imidazole rings is 1. The van der Waals surface area contributed by atoms with Gasteiger partial charge >= 0.3 is 0 Å². The Morgan fingerprint density at radius 1 is 1.14 bits per heavy atom. The number of benzene rings is 1. The van der Waals surface area contributed by atoms with Crippen LogP contribution in [0.25, 0.3) is 0 Å². The zero-order valence-corrected chi connectivity index (χ0v) is 14.5. The number of aromatic nitrogens is 2. The van der Waals surface area contributed by atoms with E-state index in [9.17, 15) is 0 Å². The fourth-order valence-corrected chi connectivity index (χ4v) is 2.62. The van der Waals surface area contributed by atoms with Crippen LogP contribution in [-0.4, -0.2) is 16.7 Å². The summed E-state index contributed by atoms with van der Waals surface area (Å²) in [6, 6.07) is 8.14. The summed E-state index contributed by atoms with van der Waals surface area (Å²) < 4.78 is 7.70. The minimum Gasteiger partial charge on any atom is -0.496 e. The standard InChI is InChI=1S/C18H27N3O/c1-17(2,3)21-13-19-11-14(21)12-20-18(4,5)15-9-7-8-10-16(15)22-6/h7-11,13,20H,12H2,1-6H3. The van der Waals surface area contributed by atoms with Crippen molar-refractivity contribution in [3.63, 3.8) is 0 Å². The van der Waals surface area contributed by atoms with Crippen LogP contribution in [0.1, 0.15) is 45.9 Å². The van der Waals surface area contributed by atoms with Gasteiger partial charge in [-0.3, -0.25) is 0 Å². The van der Waals surface area contributed by atoms with E-state index in [-0.39, 0.29) is 11.1 Å². The van der Waals surface area contributed by atoms with Crippen molar-refractivity contribution in [2.24, 2.45) is 0 Å². The quantitative estimate of drug-likeness (QED) is 0.916. The normalized spacial score (nSPS) is 12.5. The molecule has 0 radical (unpaired) electrons. The molecule has 1 aromatic heterocycles. The van der Waals surface area contributed by atoms with E-state index in [4.69, 9.17) is 4.74 Å². The van der Waals surface area contributed by atoms with E-state index in [1.807, 2.05) is 30.7 Å². The molecule has 0 aliphatic carbocycles. The molecule has 1 heterocycles. The third kappa shape index (κ3) is 3.50. The van der Waals surface area contributed by atoms with Gasteiger partial charge < -0.3 is 14.6 Å². The minimum absolute atomic E-state index is 0.0299. The lowest BCUT2D eigenvalue weighted by atomic mass is 9.93. The Balaban J connectivity index is 2.19. The van der Waals surface area contributed by atoms with Crippen LogP contribution in [-0.2, 0) is 17.6 Å². The molecule has 0 unspecified atom stereocenters. The molecule has 0 saturated heterocycles. The first-order valence-electron chi connectivity index (χ1n) is 7.66. The van der Waals surface area contributed by atoms with E-state index in [2.05, 4.69) is 55.6 Å². The lowest BCUT2D eigenvalue weighted by Gasteiger charge is -2.30. The van der Waals surface area contributed by atoms with E-state index in [0.717, 1.165) is 17.9 Å². The van der Waals surface area contributed by atoms with Crippen molar-refractivity contribution in [2.75, 3.05) is 7.11 Å². The van der Waals surface area contributed by atoms with Crippen LogP contribution in [0, 0.1) is 0 Å². The molecular weight excluding hydrogens is 274 g/mol. The third-order valence-corrected chi connectivity index (χ3v) is 3.93. The molecule has 0 bridgehead atoms. The molecule has 4 heteroatoms. The van der Waals surface area contributed by atoms with Crippen molar-refractivity contribution >= 4 is 0 Å². The summed E-state index contributed by atoms with van der Waals surface area (Å²) in [5.74, 6) is 0.907. The van der Waals surface area contributed by atoms with Gasteiger partial charge in [0.2, 0.25) is 0 Å². The second-order valence-electron chi connectivity index (χ2n) is 7.10. The molecule has 0 fully saturated rings. The molecule has 0 aliphatic heterocycles. The van der Waals surface area contributed by atoms with E-state index in [0.29, 0.717) is 0 Å². The average Bonchev–Trinajstić information content (AvgIpc) is 2.94. The molecule has 1 N–H and O–H groups in total. The lowest BCUT2D eigenvalue weighted by molar-refractivity contribution is 0.340. The van der Waals surface area contributed by atoms with E-state index >= 15 is 0 Å². The van der Waals surface area contributed by atoms with Crippen molar-refractivity contribution in [3.8, 4) is 5.75 Å². The molecule has 2 aromatic rings. The number of methoxy groups -OCH3 is 1. The van der Waals surface area contributed by atoms with Gasteiger partial charge in [-0.25, -0.2) is 4.98 Å². The van der Waals surface area contributed by atoms with Gasteiger partial charge in [0.15, 0.2) is 0 Å². The van der Waals surface area contributed by atoms with Crippen LogP contribution in [0.15, 0.2) is 36.8 Å². The third-order valence-electron chi connectivity index (χ3n) is 3.93. The van der Waals surface area contributed by atoms with Gasteiger partial charge in [0.25, 0.3) is 0 Å². The molecular formula is C18H27N3O. The molecule has 22 heavy (non-hydrogen) atoms. The fourth-order valence-electron chi connectivity index (χ4n) is 2.62. The van der Waals surface area contributed by atoms with Gasteiger partial charge in [0.1, 0.15) is 5.75 Å². The average molecular weight is 301 g/mol. The van der Waals surface area contributed by atoms with Crippen molar-refractivity contribution < 1.29 is 4.74 Å². The van der Waals surface area contributed by atoms with Gasteiger partial charge in [0, 0.05) is 29.4 Å². The van der Waals surface area contributed by atoms with Crippen LogP contribution in [0.5, 0.6) is 5.75 Å². The highest BCUT2D eigenvalue weighted by Crippen LogP contribution is 2.29. The van der Waals surface area contributed by atoms with E-state index in [1.54, 1.807) is 7.11 Å². The summed E-state index contributed by atoms with van der Waals surface area (Å²) >= 11 is 0. The first kappa shape index (κ1) is 16.6. The van der Waals surface area contributed by atoms with E-state index in [1.165, 1.54) is 5.69 Å². The second kappa shape index (κ2) is 6.13. The van der Waals surface area contributed by atoms with Gasteiger partial charge in [-0.2, -0.15) is 0 Å². The Hall–Kier alpha value is -1.81. The number of rotatable bonds is 5. The summed E-state index contributed by atoms with van der Waals surface area (Å²) in [6.07, 6.45) is 3.82. The molecule has 1 aromatic carbocycles. The first-order chi connectivity index (χ1) is 10.3. The molecule has 0 spiro atoms. The maximum absolute atomic E-state index is 5.49. The summed E-state index contributed by atoms with van der Waals surface area (Å²) in [4.78, 5) is 4.29. The first-order valence-corrected chi connectivity index (χ1v) is 7.66. The number of para-hydroxylation sites is 1. The number of hydrogen-bond donors (Lipinski definition) is 1. The zero-order chi connectivity index (χ0) is 16.4. The Labute approximate surface area is 133 Å². The maximum atomic E-state index is 5.49. The van der Waals surface area contributed by atoms with Gasteiger partial charge in [-0.05, 0) is 40.7 Å². The Bertz CT molecular complexity index is 623. The van der Waals surface area contributed by atoms with Gasteiger partial charge in [-0.1, -0.05) is 18.2 Å². The van der Waals surface area contributed by atoms with Crippen LogP contribution in [0.2, 0.25) is 0 Å². The smallest absolute Gasteiger partial charge is 0.123 e. The monoisotopic (exact) mass is 301 g/mol. The molecule has 0 saturated carbocycles. The summed E-state index contributed by atoms with van der Waals surface area (Å²) in [7, 11) is 1.71. The summed E-state index contributed by atoms with van der Waals surface area (Å²) in [5, 5.41) is 3.62. The predicted octanol–water partition coefficient (Wildman–Crippen LogP) is 3.67. The van der Waals surface area contributed by atoms with Gasteiger partial charge in [0.05, 0.1) is 19.1 Å². The highest BCUT2D eigenvalue weighted by molar-refractivity contribution is 5.38. The Morgan fingerprint density at radius 3 is 2.45 bits per heavy atom. The highest BCUT2D eigenvalue weighted by Gasteiger charge is 2.24. The molecule has 0 atom stereocenters. The van der Waals surface area contributed by atoms with Crippen LogP contribution in [0.3, 0.4) is 0 Å². The molecule has 120 valence electrons. The highest BCUT2D eigenvalue weighted by atomic mass is 16.5.